The van der Waals surface area contributed by atoms with Gasteiger partial charge in [-0.1, -0.05) is 0 Å². The summed E-state index contributed by atoms with van der Waals surface area (Å²) in [6.07, 6.45) is 2.15. The zero-order chi connectivity index (χ0) is 9.97. The minimum absolute atomic E-state index is 0.244. The van der Waals surface area contributed by atoms with Gasteiger partial charge in [0.1, 0.15) is 0 Å². The Morgan fingerprint density at radius 1 is 1.36 bits per heavy atom. The van der Waals surface area contributed by atoms with Crippen LogP contribution in [0.1, 0.15) is 17.5 Å². The van der Waals surface area contributed by atoms with E-state index in [1.54, 1.807) is 7.11 Å². The number of rotatable bonds is 1. The van der Waals surface area contributed by atoms with Crippen LogP contribution in [0.15, 0.2) is 12.1 Å². The second kappa shape index (κ2) is 3.88. The van der Waals surface area contributed by atoms with Crippen LogP contribution in [0.4, 0.5) is 0 Å². The lowest BCUT2D eigenvalue weighted by Crippen LogP contribution is -2.11. The van der Waals surface area contributed by atoms with Crippen molar-refractivity contribution in [2.45, 2.75) is 19.4 Å². The average molecular weight is 193 g/mol. The summed E-state index contributed by atoms with van der Waals surface area (Å²) in [5.74, 6) is 0.806. The minimum Gasteiger partial charge on any atom is -0.504 e. The fraction of sp³-hybridized carbons (Fsp3) is 0.455. The van der Waals surface area contributed by atoms with Crippen molar-refractivity contribution in [1.82, 2.24) is 5.32 Å². The van der Waals surface area contributed by atoms with Gasteiger partial charge in [0.2, 0.25) is 0 Å². The molecular weight excluding hydrogens is 178 g/mol. The smallest absolute Gasteiger partial charge is 0.160 e. The van der Waals surface area contributed by atoms with Gasteiger partial charge in [-0.05, 0) is 42.6 Å². The number of aryl methyl sites for hydroxylation is 1. The Morgan fingerprint density at radius 3 is 3.00 bits per heavy atom. The van der Waals surface area contributed by atoms with Crippen LogP contribution in [0.2, 0.25) is 0 Å². The number of hydrogen-bond acceptors (Lipinski definition) is 3. The summed E-state index contributed by atoms with van der Waals surface area (Å²) in [5.41, 5.74) is 2.46. The number of hydrogen-bond donors (Lipinski definition) is 2. The normalized spacial score (nSPS) is 15.8. The third-order valence-electron chi connectivity index (χ3n) is 2.62. The fourth-order valence-corrected chi connectivity index (χ4v) is 1.84. The monoisotopic (exact) mass is 193 g/mol. The van der Waals surface area contributed by atoms with Crippen LogP contribution in [-0.4, -0.2) is 18.8 Å². The fourth-order valence-electron chi connectivity index (χ4n) is 1.84. The van der Waals surface area contributed by atoms with Crippen molar-refractivity contribution in [1.29, 1.82) is 0 Å². The molecule has 0 saturated carbocycles. The van der Waals surface area contributed by atoms with Crippen LogP contribution >= 0.6 is 0 Å². The molecule has 1 aromatic rings. The zero-order valence-corrected chi connectivity index (χ0v) is 8.34. The SMILES string of the molecule is COc1cc2c(cc1O)CCCNC2. The number of ether oxygens (including phenoxy) is 1. The van der Waals surface area contributed by atoms with E-state index in [0.717, 1.165) is 25.9 Å². The van der Waals surface area contributed by atoms with Crippen LogP contribution in [0, 0.1) is 0 Å². The van der Waals surface area contributed by atoms with E-state index in [1.165, 1.54) is 11.1 Å². The molecule has 14 heavy (non-hydrogen) atoms. The van der Waals surface area contributed by atoms with Crippen molar-refractivity contribution in [3.05, 3.63) is 23.3 Å². The standard InChI is InChI=1S/C11H15NO2/c1-14-11-6-9-7-12-4-2-3-8(9)5-10(11)13/h5-6,12-13H,2-4,7H2,1H3. The first-order valence-corrected chi connectivity index (χ1v) is 4.90. The van der Waals surface area contributed by atoms with Crippen LogP contribution in [0.5, 0.6) is 11.5 Å². The molecule has 0 amide bonds. The van der Waals surface area contributed by atoms with E-state index in [9.17, 15) is 5.11 Å². The van der Waals surface area contributed by atoms with E-state index in [2.05, 4.69) is 5.32 Å². The average Bonchev–Trinajstić information content (AvgIpc) is 2.41. The molecule has 1 aromatic carbocycles. The van der Waals surface area contributed by atoms with Gasteiger partial charge in [-0.3, -0.25) is 0 Å². The second-order valence-corrected chi connectivity index (χ2v) is 3.57. The topological polar surface area (TPSA) is 41.5 Å². The maximum absolute atomic E-state index is 9.61. The summed E-state index contributed by atoms with van der Waals surface area (Å²) in [5, 5.41) is 12.9. The molecule has 3 heteroatoms. The van der Waals surface area contributed by atoms with Crippen molar-refractivity contribution >= 4 is 0 Å². The highest BCUT2D eigenvalue weighted by atomic mass is 16.5. The van der Waals surface area contributed by atoms with Gasteiger partial charge >= 0.3 is 0 Å². The first-order valence-electron chi connectivity index (χ1n) is 4.90. The number of aromatic hydroxyl groups is 1. The summed E-state index contributed by atoms with van der Waals surface area (Å²) >= 11 is 0. The van der Waals surface area contributed by atoms with Crippen LogP contribution < -0.4 is 10.1 Å². The molecule has 0 atom stereocenters. The van der Waals surface area contributed by atoms with E-state index in [4.69, 9.17) is 4.74 Å². The van der Waals surface area contributed by atoms with Crippen LogP contribution in [-0.2, 0) is 13.0 Å². The molecule has 0 radical (unpaired) electrons. The van der Waals surface area contributed by atoms with Crippen molar-refractivity contribution in [2.75, 3.05) is 13.7 Å². The van der Waals surface area contributed by atoms with Gasteiger partial charge in [0.05, 0.1) is 7.11 Å². The van der Waals surface area contributed by atoms with E-state index in [-0.39, 0.29) is 5.75 Å². The molecule has 0 aromatic heterocycles. The Morgan fingerprint density at radius 2 is 2.21 bits per heavy atom. The quantitative estimate of drug-likeness (QED) is 0.709. The van der Waals surface area contributed by atoms with Gasteiger partial charge in [-0.25, -0.2) is 0 Å². The van der Waals surface area contributed by atoms with Crippen LogP contribution in [0.25, 0.3) is 0 Å². The van der Waals surface area contributed by atoms with Crippen LogP contribution in [0.3, 0.4) is 0 Å². The third-order valence-corrected chi connectivity index (χ3v) is 2.62. The lowest BCUT2D eigenvalue weighted by Gasteiger charge is -2.09. The summed E-state index contributed by atoms with van der Waals surface area (Å²) in [6.45, 7) is 1.91. The molecule has 0 unspecified atom stereocenters. The Bertz CT molecular complexity index is 336. The maximum atomic E-state index is 9.61. The maximum Gasteiger partial charge on any atom is 0.160 e. The molecule has 3 nitrogen and oxygen atoms in total. The van der Waals surface area contributed by atoms with E-state index in [0.29, 0.717) is 5.75 Å². The van der Waals surface area contributed by atoms with Gasteiger partial charge in [0.15, 0.2) is 11.5 Å². The Balaban J connectivity index is 2.41. The van der Waals surface area contributed by atoms with E-state index in [1.807, 2.05) is 12.1 Å². The molecule has 0 aliphatic carbocycles. The lowest BCUT2D eigenvalue weighted by atomic mass is 10.0. The lowest BCUT2D eigenvalue weighted by molar-refractivity contribution is 0.372. The summed E-state index contributed by atoms with van der Waals surface area (Å²) < 4.78 is 5.07. The van der Waals surface area contributed by atoms with E-state index >= 15 is 0 Å². The summed E-state index contributed by atoms with van der Waals surface area (Å²) in [7, 11) is 1.57. The highest BCUT2D eigenvalue weighted by Crippen LogP contribution is 2.30. The molecule has 0 spiro atoms. The van der Waals surface area contributed by atoms with Gasteiger partial charge in [0.25, 0.3) is 0 Å². The molecule has 76 valence electrons. The first kappa shape index (κ1) is 9.34. The van der Waals surface area contributed by atoms with Gasteiger partial charge in [-0.15, -0.1) is 0 Å². The highest BCUT2D eigenvalue weighted by Gasteiger charge is 2.11. The molecule has 0 bridgehead atoms. The highest BCUT2D eigenvalue weighted by molar-refractivity contribution is 5.46. The molecule has 1 heterocycles. The Kier molecular flexibility index (Phi) is 2.59. The zero-order valence-electron chi connectivity index (χ0n) is 8.34. The number of benzene rings is 1. The molecule has 1 aliphatic heterocycles. The number of nitrogens with one attached hydrogen (secondary N) is 1. The number of fused-ring (bicyclic) bond motifs is 1. The van der Waals surface area contributed by atoms with Crippen molar-refractivity contribution in [2.24, 2.45) is 0 Å². The largest absolute Gasteiger partial charge is 0.504 e. The molecular formula is C11H15NO2. The second-order valence-electron chi connectivity index (χ2n) is 3.57. The molecule has 0 saturated heterocycles. The molecule has 1 aliphatic rings. The molecule has 2 rings (SSSR count). The summed E-state index contributed by atoms with van der Waals surface area (Å²) in [4.78, 5) is 0. The van der Waals surface area contributed by atoms with Gasteiger partial charge in [0, 0.05) is 6.54 Å². The van der Waals surface area contributed by atoms with Crippen molar-refractivity contribution in [3.8, 4) is 11.5 Å². The first-order chi connectivity index (χ1) is 6.81. The summed E-state index contributed by atoms with van der Waals surface area (Å²) in [6, 6.07) is 3.74. The molecule has 0 fully saturated rings. The van der Waals surface area contributed by atoms with Crippen molar-refractivity contribution < 1.29 is 9.84 Å². The Hall–Kier alpha value is -1.22. The minimum atomic E-state index is 0.244. The number of phenols is 1. The van der Waals surface area contributed by atoms with Gasteiger partial charge in [-0.2, -0.15) is 0 Å². The number of phenolic OH excluding ortho intramolecular Hbond substituents is 1. The Labute approximate surface area is 83.7 Å². The predicted molar refractivity (Wildman–Crippen MR) is 54.7 cm³/mol. The van der Waals surface area contributed by atoms with Crippen molar-refractivity contribution in [3.63, 3.8) is 0 Å². The molecule has 2 N–H and O–H groups in total. The predicted octanol–water partition coefficient (Wildman–Crippen LogP) is 1.44. The van der Waals surface area contributed by atoms with Gasteiger partial charge < -0.3 is 15.2 Å². The number of methoxy groups -OCH3 is 1. The van der Waals surface area contributed by atoms with E-state index < -0.39 is 0 Å². The third kappa shape index (κ3) is 1.68.